The Labute approximate surface area is 199 Å². The van der Waals surface area contributed by atoms with Crippen molar-refractivity contribution in [1.29, 1.82) is 0 Å². The van der Waals surface area contributed by atoms with Crippen molar-refractivity contribution in [3.05, 3.63) is 77.6 Å². The van der Waals surface area contributed by atoms with Crippen LogP contribution in [0.5, 0.6) is 0 Å². The molecule has 35 heavy (non-hydrogen) atoms. The second-order valence-corrected chi connectivity index (χ2v) is 8.60. The summed E-state index contributed by atoms with van der Waals surface area (Å²) in [4.78, 5) is 21.1. The number of hydrogen-bond acceptors (Lipinski definition) is 9. The summed E-state index contributed by atoms with van der Waals surface area (Å²) in [5, 5.41) is 26.9. The molecule has 1 amide bonds. The van der Waals surface area contributed by atoms with E-state index >= 15 is 0 Å². The van der Waals surface area contributed by atoms with Gasteiger partial charge in [-0.3, -0.25) is 4.79 Å². The smallest absolute Gasteiger partial charge is 0.252 e. The summed E-state index contributed by atoms with van der Waals surface area (Å²) in [7, 11) is 0. The second kappa shape index (κ2) is 8.76. The van der Waals surface area contributed by atoms with E-state index < -0.39 is 11.6 Å². The monoisotopic (exact) mass is 475 g/mol. The number of carbonyl (C=O) groups is 1. The Hall–Kier alpha value is -4.38. The summed E-state index contributed by atoms with van der Waals surface area (Å²) in [6.45, 7) is 3.59. The van der Waals surface area contributed by atoms with Gasteiger partial charge in [-0.05, 0) is 55.3 Å². The lowest BCUT2D eigenvalue weighted by atomic mass is 9.94. The highest BCUT2D eigenvalue weighted by Gasteiger charge is 2.35. The molecule has 4 aromatic rings. The summed E-state index contributed by atoms with van der Waals surface area (Å²) >= 11 is 0. The Morgan fingerprint density at radius 2 is 1.97 bits per heavy atom. The van der Waals surface area contributed by atoms with Gasteiger partial charge in [-0.15, -0.1) is 10.2 Å². The van der Waals surface area contributed by atoms with Crippen LogP contribution in [0.1, 0.15) is 41.4 Å². The summed E-state index contributed by atoms with van der Waals surface area (Å²) in [5.41, 5.74) is 2.78. The van der Waals surface area contributed by atoms with Gasteiger partial charge in [0, 0.05) is 17.4 Å². The fraction of sp³-hybridized carbons (Fsp3) is 0.208. The molecule has 0 unspecified atom stereocenters. The van der Waals surface area contributed by atoms with Crippen molar-refractivity contribution in [1.82, 2.24) is 25.5 Å². The van der Waals surface area contributed by atoms with Crippen molar-refractivity contribution in [3.8, 4) is 11.5 Å². The SMILES string of the molecule is CC1(C)NC(=O)c2ccc(Nc3ncc(-c4nnco4)c(N[C@H](CO)c4ccc(F)cc4)n3)cc21. The van der Waals surface area contributed by atoms with Crippen molar-refractivity contribution in [2.24, 2.45) is 0 Å². The van der Waals surface area contributed by atoms with Gasteiger partial charge < -0.3 is 25.5 Å². The lowest BCUT2D eigenvalue weighted by Gasteiger charge is -2.20. The van der Waals surface area contributed by atoms with Crippen LogP contribution >= 0.6 is 0 Å². The highest BCUT2D eigenvalue weighted by molar-refractivity contribution is 6.00. The lowest BCUT2D eigenvalue weighted by molar-refractivity contribution is 0.0940. The quantitative estimate of drug-likeness (QED) is 0.316. The molecule has 3 heterocycles. The Morgan fingerprint density at radius 3 is 2.69 bits per heavy atom. The lowest BCUT2D eigenvalue weighted by Crippen LogP contribution is -2.32. The molecular formula is C24H22FN7O3. The molecular weight excluding hydrogens is 453 g/mol. The van der Waals surface area contributed by atoms with Crippen LogP contribution in [0.15, 0.2) is 59.5 Å². The normalized spacial score (nSPS) is 14.8. The molecule has 0 aliphatic carbocycles. The molecule has 10 nitrogen and oxygen atoms in total. The highest BCUT2D eigenvalue weighted by atomic mass is 19.1. The Bertz CT molecular complexity index is 1370. The topological polar surface area (TPSA) is 138 Å². The van der Waals surface area contributed by atoms with Crippen molar-refractivity contribution in [3.63, 3.8) is 0 Å². The van der Waals surface area contributed by atoms with Gasteiger partial charge in [0.05, 0.1) is 23.8 Å². The molecule has 1 atom stereocenters. The predicted octanol–water partition coefficient (Wildman–Crippen LogP) is 3.53. The van der Waals surface area contributed by atoms with E-state index in [0.29, 0.717) is 28.2 Å². The largest absolute Gasteiger partial charge is 0.423 e. The van der Waals surface area contributed by atoms with Gasteiger partial charge in [0.1, 0.15) is 11.6 Å². The fourth-order valence-corrected chi connectivity index (χ4v) is 3.98. The minimum absolute atomic E-state index is 0.112. The fourth-order valence-electron chi connectivity index (χ4n) is 3.98. The summed E-state index contributed by atoms with van der Waals surface area (Å²) in [5.74, 6) is 0.299. The van der Waals surface area contributed by atoms with Crippen molar-refractivity contribution in [2.45, 2.75) is 25.4 Å². The number of nitrogens with zero attached hydrogens (tertiary/aromatic N) is 4. The van der Waals surface area contributed by atoms with Gasteiger partial charge in [0.2, 0.25) is 12.3 Å². The number of aliphatic hydroxyl groups excluding tert-OH is 1. The third kappa shape index (κ3) is 4.41. The van der Waals surface area contributed by atoms with E-state index in [4.69, 9.17) is 4.42 Å². The van der Waals surface area contributed by atoms with E-state index in [1.165, 1.54) is 24.7 Å². The molecule has 0 saturated heterocycles. The van der Waals surface area contributed by atoms with Crippen molar-refractivity contribution < 1.29 is 18.7 Å². The van der Waals surface area contributed by atoms with Crippen molar-refractivity contribution in [2.75, 3.05) is 17.2 Å². The number of anilines is 3. The summed E-state index contributed by atoms with van der Waals surface area (Å²) in [6, 6.07) is 10.6. The van der Waals surface area contributed by atoms with Crippen LogP contribution in [-0.2, 0) is 5.54 Å². The Balaban J connectivity index is 1.48. The van der Waals surface area contributed by atoms with Crippen LogP contribution in [-0.4, -0.2) is 37.8 Å². The standard InChI is InChI=1S/C24H22FN7O3/c1-24(2)18-9-15(7-8-16(18)21(34)31-24)28-23-26-10-17(22-32-27-12-35-22)20(30-23)29-19(11-33)13-3-5-14(25)6-4-13/h3-10,12,19,33H,11H2,1-2H3,(H,31,34)(H2,26,28,29,30)/t19-/m1/s1. The number of carbonyl (C=O) groups excluding carboxylic acids is 1. The van der Waals surface area contributed by atoms with Crippen LogP contribution in [0.2, 0.25) is 0 Å². The van der Waals surface area contributed by atoms with Gasteiger partial charge in [-0.1, -0.05) is 12.1 Å². The number of nitrogens with one attached hydrogen (secondary N) is 3. The molecule has 2 aromatic heterocycles. The molecule has 2 aromatic carbocycles. The van der Waals surface area contributed by atoms with E-state index in [9.17, 15) is 14.3 Å². The highest BCUT2D eigenvalue weighted by Crippen LogP contribution is 2.34. The maximum atomic E-state index is 13.4. The number of aliphatic hydroxyl groups is 1. The molecule has 11 heteroatoms. The van der Waals surface area contributed by atoms with Crippen LogP contribution in [0.3, 0.4) is 0 Å². The zero-order chi connectivity index (χ0) is 24.6. The zero-order valence-electron chi connectivity index (χ0n) is 18.9. The minimum Gasteiger partial charge on any atom is -0.423 e. The maximum Gasteiger partial charge on any atom is 0.252 e. The van der Waals surface area contributed by atoms with E-state index in [2.05, 4.69) is 36.1 Å². The first-order chi connectivity index (χ1) is 16.8. The maximum absolute atomic E-state index is 13.4. The first-order valence-corrected chi connectivity index (χ1v) is 10.8. The van der Waals surface area contributed by atoms with E-state index in [-0.39, 0.29) is 30.2 Å². The number of aromatic nitrogens is 4. The van der Waals surface area contributed by atoms with Gasteiger partial charge in [-0.25, -0.2) is 9.37 Å². The third-order valence-electron chi connectivity index (χ3n) is 5.76. The Morgan fingerprint density at radius 1 is 1.17 bits per heavy atom. The first-order valence-electron chi connectivity index (χ1n) is 10.8. The number of halogens is 1. The molecule has 178 valence electrons. The van der Waals surface area contributed by atoms with Crippen LogP contribution in [0, 0.1) is 5.82 Å². The molecule has 5 rings (SSSR count). The van der Waals surface area contributed by atoms with Crippen LogP contribution < -0.4 is 16.0 Å². The van der Waals surface area contributed by atoms with Crippen molar-refractivity contribution >= 4 is 23.4 Å². The summed E-state index contributed by atoms with van der Waals surface area (Å²) in [6.07, 6.45) is 2.71. The second-order valence-electron chi connectivity index (χ2n) is 8.60. The van der Waals surface area contributed by atoms with Crippen LogP contribution in [0.25, 0.3) is 11.5 Å². The van der Waals surface area contributed by atoms with Gasteiger partial charge in [-0.2, -0.15) is 4.98 Å². The summed E-state index contributed by atoms with van der Waals surface area (Å²) < 4.78 is 18.7. The van der Waals surface area contributed by atoms with E-state index in [1.807, 2.05) is 19.9 Å². The molecule has 1 aliphatic rings. The van der Waals surface area contributed by atoms with Gasteiger partial charge in [0.15, 0.2) is 0 Å². The molecule has 0 fully saturated rings. The Kier molecular flexibility index (Phi) is 5.61. The molecule has 0 spiro atoms. The van der Waals surface area contributed by atoms with Gasteiger partial charge in [0.25, 0.3) is 11.8 Å². The molecule has 1 aliphatic heterocycles. The zero-order valence-corrected chi connectivity index (χ0v) is 18.9. The number of fused-ring (bicyclic) bond motifs is 1. The molecule has 0 bridgehead atoms. The van der Waals surface area contributed by atoms with E-state index in [1.54, 1.807) is 24.3 Å². The number of rotatable bonds is 7. The third-order valence-corrected chi connectivity index (χ3v) is 5.76. The first kappa shape index (κ1) is 22.4. The van der Waals surface area contributed by atoms with Crippen LogP contribution in [0.4, 0.5) is 21.8 Å². The molecule has 0 saturated carbocycles. The molecule has 4 N–H and O–H groups in total. The minimum atomic E-state index is -0.585. The number of amides is 1. The predicted molar refractivity (Wildman–Crippen MR) is 125 cm³/mol. The van der Waals surface area contributed by atoms with Gasteiger partial charge >= 0.3 is 0 Å². The average Bonchev–Trinajstić information content (AvgIpc) is 3.45. The number of benzene rings is 2. The number of hydrogen-bond donors (Lipinski definition) is 4. The average molecular weight is 475 g/mol. The molecule has 0 radical (unpaired) electrons. The van der Waals surface area contributed by atoms with E-state index in [0.717, 1.165) is 5.56 Å².